The standard InChI is InChI=1S/C27H27N5O3S/c1-3-31-16-21(24(33)20-8-7-17(2)29-25(20)31)26(34)30-19-6-4-5-18(15-19)22-9-10-23(36-22)27(35)32-13-11-28-12-14-32/h4-10,15-16,28H,3,11-14H2,1-2H3,(H,30,34). The summed E-state index contributed by atoms with van der Waals surface area (Å²) in [6.45, 7) is 7.42. The molecule has 9 heteroatoms. The lowest BCUT2D eigenvalue weighted by molar-refractivity contribution is 0.0740. The molecule has 4 aromatic rings. The third kappa shape index (κ3) is 4.67. The first-order chi connectivity index (χ1) is 17.4. The first-order valence-corrected chi connectivity index (χ1v) is 12.8. The van der Waals surface area contributed by atoms with Gasteiger partial charge in [0.2, 0.25) is 5.43 Å². The van der Waals surface area contributed by atoms with Crippen LogP contribution in [0.3, 0.4) is 0 Å². The molecule has 0 unspecified atom stereocenters. The van der Waals surface area contributed by atoms with E-state index in [1.165, 1.54) is 11.3 Å². The zero-order chi connectivity index (χ0) is 25.2. The minimum atomic E-state index is -0.470. The number of rotatable bonds is 5. The molecule has 1 fully saturated rings. The Morgan fingerprint density at radius 3 is 2.69 bits per heavy atom. The summed E-state index contributed by atoms with van der Waals surface area (Å²) < 4.78 is 1.82. The van der Waals surface area contributed by atoms with Gasteiger partial charge in [0.1, 0.15) is 11.2 Å². The van der Waals surface area contributed by atoms with E-state index < -0.39 is 5.91 Å². The first-order valence-electron chi connectivity index (χ1n) is 12.0. The molecule has 1 saturated heterocycles. The molecule has 0 spiro atoms. The van der Waals surface area contributed by atoms with Crippen LogP contribution in [0, 0.1) is 6.92 Å². The Balaban J connectivity index is 1.39. The van der Waals surface area contributed by atoms with Crippen molar-refractivity contribution in [3.05, 3.63) is 81.1 Å². The van der Waals surface area contributed by atoms with Gasteiger partial charge in [-0.1, -0.05) is 12.1 Å². The number of pyridine rings is 2. The SMILES string of the molecule is CCn1cc(C(=O)Nc2cccc(-c3ccc(C(=O)N4CCNCC4)s3)c2)c(=O)c2ccc(C)nc21. The molecule has 4 heterocycles. The van der Waals surface area contributed by atoms with Gasteiger partial charge in [0.15, 0.2) is 0 Å². The molecule has 2 amide bonds. The van der Waals surface area contributed by atoms with Crippen molar-refractivity contribution in [3.63, 3.8) is 0 Å². The number of hydrogen-bond acceptors (Lipinski definition) is 6. The molecule has 8 nitrogen and oxygen atoms in total. The number of benzene rings is 1. The van der Waals surface area contributed by atoms with Gasteiger partial charge in [0.25, 0.3) is 11.8 Å². The second-order valence-electron chi connectivity index (χ2n) is 8.72. The van der Waals surface area contributed by atoms with Crippen molar-refractivity contribution in [2.75, 3.05) is 31.5 Å². The average Bonchev–Trinajstić information content (AvgIpc) is 3.39. The molecule has 1 aliphatic heterocycles. The summed E-state index contributed by atoms with van der Waals surface area (Å²) in [5.41, 5.74) is 2.58. The maximum Gasteiger partial charge on any atom is 0.264 e. The van der Waals surface area contributed by atoms with Gasteiger partial charge in [0, 0.05) is 55.2 Å². The average molecular weight is 502 g/mol. The number of carbonyl (C=O) groups excluding carboxylic acids is 2. The number of nitrogens with zero attached hydrogens (tertiary/aromatic N) is 3. The largest absolute Gasteiger partial charge is 0.335 e. The Hall–Kier alpha value is -3.82. The van der Waals surface area contributed by atoms with E-state index in [2.05, 4.69) is 15.6 Å². The highest BCUT2D eigenvalue weighted by atomic mass is 32.1. The second-order valence-corrected chi connectivity index (χ2v) is 9.81. The Bertz CT molecular complexity index is 1520. The number of carbonyl (C=O) groups is 2. The molecule has 5 rings (SSSR count). The number of nitrogens with one attached hydrogen (secondary N) is 2. The maximum absolute atomic E-state index is 13.1. The molecule has 2 N–H and O–H groups in total. The van der Waals surface area contributed by atoms with Crippen molar-refractivity contribution in [3.8, 4) is 10.4 Å². The van der Waals surface area contributed by atoms with Crippen molar-refractivity contribution < 1.29 is 9.59 Å². The highest BCUT2D eigenvalue weighted by Crippen LogP contribution is 2.30. The molecule has 0 bridgehead atoms. The van der Waals surface area contributed by atoms with E-state index in [0.29, 0.717) is 41.2 Å². The number of fused-ring (bicyclic) bond motifs is 1. The molecular weight excluding hydrogens is 474 g/mol. The van der Waals surface area contributed by atoms with Crippen LogP contribution in [-0.4, -0.2) is 52.4 Å². The minimum Gasteiger partial charge on any atom is -0.335 e. The van der Waals surface area contributed by atoms with Gasteiger partial charge >= 0.3 is 0 Å². The summed E-state index contributed by atoms with van der Waals surface area (Å²) in [7, 11) is 0. The number of amides is 2. The molecule has 0 atom stereocenters. The minimum absolute atomic E-state index is 0.0467. The monoisotopic (exact) mass is 501 g/mol. The van der Waals surface area contributed by atoms with Crippen LogP contribution in [0.4, 0.5) is 5.69 Å². The summed E-state index contributed by atoms with van der Waals surface area (Å²) in [6.07, 6.45) is 1.57. The normalized spacial score (nSPS) is 13.7. The Labute approximate surface area is 212 Å². The lowest BCUT2D eigenvalue weighted by atomic mass is 10.1. The van der Waals surface area contributed by atoms with Crippen LogP contribution >= 0.6 is 11.3 Å². The number of hydrogen-bond donors (Lipinski definition) is 2. The zero-order valence-electron chi connectivity index (χ0n) is 20.2. The highest BCUT2D eigenvalue weighted by molar-refractivity contribution is 7.17. The van der Waals surface area contributed by atoms with E-state index >= 15 is 0 Å². The molecule has 0 radical (unpaired) electrons. The summed E-state index contributed by atoms with van der Waals surface area (Å²) in [5, 5.41) is 6.55. The molecule has 0 aliphatic carbocycles. The molecular formula is C27H27N5O3S. The first kappa shape index (κ1) is 23.9. The highest BCUT2D eigenvalue weighted by Gasteiger charge is 2.20. The van der Waals surface area contributed by atoms with E-state index in [9.17, 15) is 14.4 Å². The van der Waals surface area contributed by atoms with Crippen LogP contribution in [0.5, 0.6) is 0 Å². The predicted molar refractivity (Wildman–Crippen MR) is 143 cm³/mol. The smallest absolute Gasteiger partial charge is 0.264 e. The Morgan fingerprint density at radius 1 is 1.11 bits per heavy atom. The summed E-state index contributed by atoms with van der Waals surface area (Å²) in [4.78, 5) is 47.0. The zero-order valence-corrected chi connectivity index (χ0v) is 21.0. The third-order valence-corrected chi connectivity index (χ3v) is 7.39. The molecule has 184 valence electrons. The summed E-state index contributed by atoms with van der Waals surface area (Å²) >= 11 is 1.44. The van der Waals surface area contributed by atoms with Crippen LogP contribution in [0.25, 0.3) is 21.5 Å². The number of piperazine rings is 1. The van der Waals surface area contributed by atoms with E-state index in [1.54, 1.807) is 24.4 Å². The summed E-state index contributed by atoms with van der Waals surface area (Å²) in [5.74, 6) is -0.423. The van der Waals surface area contributed by atoms with Crippen molar-refractivity contribution in [1.29, 1.82) is 0 Å². The second kappa shape index (κ2) is 10.0. The Morgan fingerprint density at radius 2 is 1.92 bits per heavy atom. The molecule has 0 saturated carbocycles. The van der Waals surface area contributed by atoms with Gasteiger partial charge in [-0.15, -0.1) is 11.3 Å². The lowest BCUT2D eigenvalue weighted by Crippen LogP contribution is -2.46. The predicted octanol–water partition coefficient (Wildman–Crippen LogP) is 3.75. The van der Waals surface area contributed by atoms with Gasteiger partial charge in [0.05, 0.1) is 10.3 Å². The van der Waals surface area contributed by atoms with Crippen LogP contribution in [0.1, 0.15) is 32.6 Å². The van der Waals surface area contributed by atoms with Crippen LogP contribution in [0.2, 0.25) is 0 Å². The van der Waals surface area contributed by atoms with Crippen molar-refractivity contribution in [2.45, 2.75) is 20.4 Å². The van der Waals surface area contributed by atoms with Gasteiger partial charge in [-0.05, 0) is 55.8 Å². The van der Waals surface area contributed by atoms with Crippen molar-refractivity contribution in [1.82, 2.24) is 19.8 Å². The number of aromatic nitrogens is 2. The van der Waals surface area contributed by atoms with Gasteiger partial charge in [-0.25, -0.2) is 4.98 Å². The van der Waals surface area contributed by atoms with Crippen molar-refractivity contribution in [2.24, 2.45) is 0 Å². The third-order valence-electron chi connectivity index (χ3n) is 6.27. The lowest BCUT2D eigenvalue weighted by Gasteiger charge is -2.26. The molecule has 3 aromatic heterocycles. The van der Waals surface area contributed by atoms with Crippen LogP contribution in [-0.2, 0) is 6.54 Å². The van der Waals surface area contributed by atoms with E-state index in [1.807, 2.05) is 53.6 Å². The van der Waals surface area contributed by atoms with E-state index in [0.717, 1.165) is 29.2 Å². The topological polar surface area (TPSA) is 96.3 Å². The number of thiophene rings is 1. The van der Waals surface area contributed by atoms with Gasteiger partial charge < -0.3 is 20.1 Å². The molecule has 36 heavy (non-hydrogen) atoms. The molecule has 1 aliphatic rings. The fraction of sp³-hybridized carbons (Fsp3) is 0.259. The number of aryl methyl sites for hydroxylation is 2. The van der Waals surface area contributed by atoms with Gasteiger partial charge in [-0.3, -0.25) is 14.4 Å². The molecule has 1 aromatic carbocycles. The van der Waals surface area contributed by atoms with Gasteiger partial charge in [-0.2, -0.15) is 0 Å². The van der Waals surface area contributed by atoms with Crippen LogP contribution < -0.4 is 16.1 Å². The summed E-state index contributed by atoms with van der Waals surface area (Å²) in [6, 6.07) is 14.7. The fourth-order valence-corrected chi connectivity index (χ4v) is 5.31. The van der Waals surface area contributed by atoms with Crippen molar-refractivity contribution >= 4 is 39.9 Å². The maximum atomic E-state index is 13.1. The fourth-order valence-electron chi connectivity index (χ4n) is 4.34. The number of anilines is 1. The quantitative estimate of drug-likeness (QED) is 0.434. The Kier molecular flexibility index (Phi) is 6.67. The van der Waals surface area contributed by atoms with E-state index in [-0.39, 0.29) is 16.9 Å². The van der Waals surface area contributed by atoms with Crippen LogP contribution in [0.15, 0.2) is 59.5 Å². The van der Waals surface area contributed by atoms with E-state index in [4.69, 9.17) is 0 Å².